The highest BCUT2D eigenvalue weighted by atomic mass is 19.3. The fraction of sp³-hybridized carbons (Fsp3) is 0.400. The molecule has 0 heterocycles. The number of halogens is 6. The third-order valence-electron chi connectivity index (χ3n) is 1.83. The van der Waals surface area contributed by atoms with Crippen molar-refractivity contribution in [3.63, 3.8) is 0 Å². The van der Waals surface area contributed by atoms with E-state index in [1.807, 2.05) is 0 Å². The van der Waals surface area contributed by atoms with Crippen LogP contribution in [0.2, 0.25) is 0 Å². The Labute approximate surface area is 108 Å². The van der Waals surface area contributed by atoms with Crippen LogP contribution in [0.25, 0.3) is 0 Å². The number of rotatable bonds is 7. The first-order valence-corrected chi connectivity index (χ1v) is 4.68. The van der Waals surface area contributed by atoms with Crippen molar-refractivity contribution in [2.45, 2.75) is 17.9 Å². The van der Waals surface area contributed by atoms with Crippen molar-refractivity contribution in [3.05, 3.63) is 25.3 Å². The summed E-state index contributed by atoms with van der Waals surface area (Å²) in [6.07, 6.45) is -5.55. The van der Waals surface area contributed by atoms with Crippen molar-refractivity contribution in [1.82, 2.24) is 0 Å². The monoisotopic (exact) mass is 306 g/mol. The molecule has 0 rings (SSSR count). The smallest absolute Gasteiger partial charge is 0.416 e. The van der Waals surface area contributed by atoms with Gasteiger partial charge in [0.25, 0.3) is 0 Å². The molecule has 0 fully saturated rings. The van der Waals surface area contributed by atoms with Crippen LogP contribution < -0.4 is 0 Å². The zero-order valence-electron chi connectivity index (χ0n) is 9.68. The first-order valence-electron chi connectivity index (χ1n) is 4.68. The predicted molar refractivity (Wildman–Crippen MR) is 52.3 cm³/mol. The van der Waals surface area contributed by atoms with Gasteiger partial charge in [0.15, 0.2) is 6.67 Å². The molecule has 4 nitrogen and oxygen atoms in total. The van der Waals surface area contributed by atoms with E-state index in [2.05, 4.69) is 22.6 Å². The summed E-state index contributed by atoms with van der Waals surface area (Å²) >= 11 is 0. The van der Waals surface area contributed by atoms with Crippen LogP contribution in [-0.4, -0.2) is 36.5 Å². The van der Waals surface area contributed by atoms with Crippen LogP contribution in [0.3, 0.4) is 0 Å². The minimum absolute atomic E-state index is 0.0924. The number of alkyl halides is 6. The summed E-state index contributed by atoms with van der Waals surface area (Å²) in [6.45, 7) is 2.52. The van der Waals surface area contributed by atoms with Gasteiger partial charge in [0.05, 0.1) is 0 Å². The average Bonchev–Trinajstić information content (AvgIpc) is 2.37. The molecule has 0 bridgehead atoms. The van der Waals surface area contributed by atoms with Crippen LogP contribution in [0.1, 0.15) is 0 Å². The van der Waals surface area contributed by atoms with Gasteiger partial charge >= 0.3 is 29.8 Å². The van der Waals surface area contributed by atoms with E-state index in [-0.39, 0.29) is 12.2 Å². The molecule has 0 spiro atoms. The van der Waals surface area contributed by atoms with Gasteiger partial charge in [-0.05, 0) is 0 Å². The number of hydrogen-bond acceptors (Lipinski definition) is 4. The van der Waals surface area contributed by atoms with E-state index in [4.69, 9.17) is 0 Å². The number of hydrogen-bond donors (Lipinski definition) is 0. The van der Waals surface area contributed by atoms with Gasteiger partial charge in [0.1, 0.15) is 0 Å². The number of esters is 2. The summed E-state index contributed by atoms with van der Waals surface area (Å²) < 4.78 is 84.5. The Balaban J connectivity index is 5.52. The second-order valence-corrected chi connectivity index (χ2v) is 3.20. The second-order valence-electron chi connectivity index (χ2n) is 3.20. The molecule has 10 heteroatoms. The van der Waals surface area contributed by atoms with Gasteiger partial charge in [-0.25, -0.2) is 14.0 Å². The predicted octanol–water partition coefficient (Wildman–Crippen LogP) is 2.31. The fourth-order valence-electron chi connectivity index (χ4n) is 0.826. The standard InChI is InChI=1S/C10H8F6O4/c1-3-6(17)19-8(12,5-11)9(13,14)10(15,16)20-7(18)4-2/h3-4H,1-2,5H2. The first-order chi connectivity index (χ1) is 8.97. The number of ether oxygens (including phenoxy) is 2. The highest BCUT2D eigenvalue weighted by molar-refractivity contribution is 5.82. The maximum absolute atomic E-state index is 13.5. The fourth-order valence-corrected chi connectivity index (χ4v) is 0.826. The first kappa shape index (κ1) is 18.0. The Hall–Kier alpha value is -2.00. The largest absolute Gasteiger partial charge is 0.474 e. The van der Waals surface area contributed by atoms with Crippen LogP contribution in [0.4, 0.5) is 26.3 Å². The molecule has 1 unspecified atom stereocenters. The molecule has 0 aliphatic heterocycles. The Morgan fingerprint density at radius 2 is 1.35 bits per heavy atom. The second kappa shape index (κ2) is 5.97. The molecule has 0 aromatic rings. The summed E-state index contributed by atoms with van der Waals surface area (Å²) in [5.41, 5.74) is 0. The topological polar surface area (TPSA) is 52.6 Å². The molecule has 20 heavy (non-hydrogen) atoms. The summed E-state index contributed by atoms with van der Waals surface area (Å²) in [6, 6.07) is 0. The summed E-state index contributed by atoms with van der Waals surface area (Å²) in [5, 5.41) is 0. The van der Waals surface area contributed by atoms with E-state index in [1.54, 1.807) is 0 Å². The third kappa shape index (κ3) is 3.31. The van der Waals surface area contributed by atoms with Crippen molar-refractivity contribution in [2.75, 3.05) is 6.67 Å². The quantitative estimate of drug-likeness (QED) is 0.411. The molecule has 0 aromatic heterocycles. The highest BCUT2D eigenvalue weighted by Gasteiger charge is 2.75. The molecule has 0 saturated heterocycles. The van der Waals surface area contributed by atoms with Crippen molar-refractivity contribution >= 4 is 11.9 Å². The summed E-state index contributed by atoms with van der Waals surface area (Å²) in [5.74, 6) is -15.0. The molecular formula is C10H8F6O4. The van der Waals surface area contributed by atoms with Gasteiger partial charge in [-0.2, -0.15) is 22.0 Å². The van der Waals surface area contributed by atoms with Crippen LogP contribution in [0.5, 0.6) is 0 Å². The van der Waals surface area contributed by atoms with Gasteiger partial charge in [0.2, 0.25) is 0 Å². The van der Waals surface area contributed by atoms with Crippen LogP contribution in [0, 0.1) is 0 Å². The van der Waals surface area contributed by atoms with E-state index in [9.17, 15) is 35.9 Å². The zero-order valence-corrected chi connectivity index (χ0v) is 9.68. The lowest BCUT2D eigenvalue weighted by molar-refractivity contribution is -0.399. The van der Waals surface area contributed by atoms with Gasteiger partial charge in [0, 0.05) is 12.2 Å². The molecule has 0 N–H and O–H groups in total. The normalized spacial score (nSPS) is 14.9. The van der Waals surface area contributed by atoms with Crippen molar-refractivity contribution in [2.24, 2.45) is 0 Å². The van der Waals surface area contributed by atoms with Crippen LogP contribution >= 0.6 is 0 Å². The Bertz CT molecular complexity index is 422. The molecule has 0 aliphatic rings. The summed E-state index contributed by atoms with van der Waals surface area (Å²) in [4.78, 5) is 21.1. The van der Waals surface area contributed by atoms with Gasteiger partial charge in [-0.15, -0.1) is 0 Å². The average molecular weight is 306 g/mol. The maximum Gasteiger partial charge on any atom is 0.474 e. The highest BCUT2D eigenvalue weighted by Crippen LogP contribution is 2.46. The van der Waals surface area contributed by atoms with Crippen LogP contribution in [-0.2, 0) is 19.1 Å². The molecule has 0 amide bonds. The van der Waals surface area contributed by atoms with Gasteiger partial charge < -0.3 is 9.47 Å². The number of carbonyl (C=O) groups excluding carboxylic acids is 2. The third-order valence-corrected chi connectivity index (χ3v) is 1.83. The minimum atomic E-state index is -5.99. The molecule has 0 aromatic carbocycles. The molecule has 114 valence electrons. The van der Waals surface area contributed by atoms with E-state index in [0.29, 0.717) is 0 Å². The Kier molecular flexibility index (Phi) is 5.37. The zero-order chi connectivity index (χ0) is 16.2. The lowest BCUT2D eigenvalue weighted by atomic mass is 10.1. The Morgan fingerprint density at radius 3 is 1.70 bits per heavy atom. The molecule has 0 radical (unpaired) electrons. The van der Waals surface area contributed by atoms with E-state index < -0.39 is 36.5 Å². The molecule has 0 aliphatic carbocycles. The molecule has 0 saturated carbocycles. The van der Waals surface area contributed by atoms with E-state index >= 15 is 0 Å². The lowest BCUT2D eigenvalue weighted by Crippen LogP contribution is -2.60. The van der Waals surface area contributed by atoms with Gasteiger partial charge in [-0.1, -0.05) is 13.2 Å². The maximum atomic E-state index is 13.5. The summed E-state index contributed by atoms with van der Waals surface area (Å²) in [7, 11) is 0. The minimum Gasteiger partial charge on any atom is -0.416 e. The lowest BCUT2D eigenvalue weighted by Gasteiger charge is -2.33. The number of carbonyl (C=O) groups is 2. The van der Waals surface area contributed by atoms with Crippen molar-refractivity contribution in [3.8, 4) is 0 Å². The van der Waals surface area contributed by atoms with Crippen LogP contribution in [0.15, 0.2) is 25.3 Å². The SMILES string of the molecule is C=CC(=O)OC(F)(F)C(F)(F)C(F)(CF)OC(=O)C=C. The molecule has 1 atom stereocenters. The van der Waals surface area contributed by atoms with E-state index in [0.717, 1.165) is 0 Å². The molecular weight excluding hydrogens is 298 g/mol. The van der Waals surface area contributed by atoms with Gasteiger partial charge in [-0.3, -0.25) is 0 Å². The van der Waals surface area contributed by atoms with E-state index in [1.165, 1.54) is 0 Å². The van der Waals surface area contributed by atoms with Crippen molar-refractivity contribution < 1.29 is 45.4 Å². The Morgan fingerprint density at radius 1 is 0.950 bits per heavy atom. The van der Waals surface area contributed by atoms with Crippen molar-refractivity contribution in [1.29, 1.82) is 0 Å².